The van der Waals surface area contributed by atoms with Crippen LogP contribution in [-0.2, 0) is 0 Å². The first-order chi connectivity index (χ1) is 11.4. The molecule has 2 aromatic rings. The zero-order chi connectivity index (χ0) is 15.3. The van der Waals surface area contributed by atoms with Crippen molar-refractivity contribution in [1.82, 2.24) is 5.32 Å². The van der Waals surface area contributed by atoms with Gasteiger partial charge in [0, 0.05) is 11.8 Å². The molecule has 4 nitrogen and oxygen atoms in total. The number of hydrogen-bond acceptors (Lipinski definition) is 4. The average molecular weight is 302 g/mol. The van der Waals surface area contributed by atoms with Crippen molar-refractivity contribution in [3.05, 3.63) is 83.9 Å². The van der Waals surface area contributed by atoms with Gasteiger partial charge in [-0.3, -0.25) is 4.99 Å². The van der Waals surface area contributed by atoms with Crippen molar-refractivity contribution in [1.29, 1.82) is 0 Å². The van der Waals surface area contributed by atoms with E-state index >= 15 is 0 Å². The van der Waals surface area contributed by atoms with Crippen LogP contribution in [0.5, 0.6) is 0 Å². The Morgan fingerprint density at radius 2 is 1.87 bits per heavy atom. The van der Waals surface area contributed by atoms with Crippen LogP contribution in [0.1, 0.15) is 17.9 Å². The standard InChI is InChI=1S/C19H14N2O2/c1-4-13-12-15(17-6-3-11-23-17)21-19(13)14(16-5-2-10-22-16)8-9-20-18(19)7-1/h2-12,21H,1H2. The van der Waals surface area contributed by atoms with E-state index in [0.717, 1.165) is 34.9 Å². The zero-order valence-electron chi connectivity index (χ0n) is 12.3. The van der Waals surface area contributed by atoms with Crippen LogP contribution in [0.3, 0.4) is 0 Å². The Morgan fingerprint density at radius 1 is 1.04 bits per heavy atom. The van der Waals surface area contributed by atoms with Crippen molar-refractivity contribution in [2.24, 2.45) is 4.99 Å². The van der Waals surface area contributed by atoms with Crippen molar-refractivity contribution in [2.75, 3.05) is 0 Å². The molecule has 1 spiro atoms. The monoisotopic (exact) mass is 302 g/mol. The number of hydrogen-bond donors (Lipinski definition) is 1. The van der Waals surface area contributed by atoms with E-state index in [1.54, 1.807) is 12.5 Å². The molecule has 4 heterocycles. The summed E-state index contributed by atoms with van der Waals surface area (Å²) in [5, 5.41) is 3.64. The molecule has 0 radical (unpaired) electrons. The predicted octanol–water partition coefficient (Wildman–Crippen LogP) is 3.94. The minimum absolute atomic E-state index is 0.493. The van der Waals surface area contributed by atoms with Gasteiger partial charge in [-0.15, -0.1) is 0 Å². The lowest BCUT2D eigenvalue weighted by Gasteiger charge is -2.38. The molecule has 2 aliphatic heterocycles. The molecule has 1 aliphatic carbocycles. The fourth-order valence-corrected chi connectivity index (χ4v) is 3.54. The van der Waals surface area contributed by atoms with E-state index in [2.05, 4.69) is 28.5 Å². The maximum atomic E-state index is 5.68. The van der Waals surface area contributed by atoms with Crippen LogP contribution in [0.15, 0.2) is 86.2 Å². The molecule has 4 heteroatoms. The van der Waals surface area contributed by atoms with Gasteiger partial charge in [-0.1, -0.05) is 12.2 Å². The molecule has 0 amide bonds. The molecule has 1 N–H and O–H groups in total. The Labute approximate surface area is 133 Å². The third-order valence-electron chi connectivity index (χ3n) is 4.52. The summed E-state index contributed by atoms with van der Waals surface area (Å²) in [4.78, 5) is 4.61. The number of nitrogens with zero attached hydrogens (tertiary/aromatic N) is 1. The number of allylic oxidation sites excluding steroid dienone is 3. The van der Waals surface area contributed by atoms with Crippen molar-refractivity contribution in [3.63, 3.8) is 0 Å². The Morgan fingerprint density at radius 3 is 2.65 bits per heavy atom. The molecule has 3 aliphatic rings. The summed E-state index contributed by atoms with van der Waals surface area (Å²) in [5.74, 6) is 1.67. The van der Waals surface area contributed by atoms with Gasteiger partial charge in [-0.25, -0.2) is 0 Å². The smallest absolute Gasteiger partial charge is 0.149 e. The summed E-state index contributed by atoms with van der Waals surface area (Å²) in [7, 11) is 0. The van der Waals surface area contributed by atoms with Crippen molar-refractivity contribution < 1.29 is 8.83 Å². The van der Waals surface area contributed by atoms with Crippen LogP contribution in [0.4, 0.5) is 0 Å². The highest BCUT2D eigenvalue weighted by atomic mass is 16.3. The molecule has 0 saturated carbocycles. The van der Waals surface area contributed by atoms with E-state index in [0.29, 0.717) is 0 Å². The molecule has 5 rings (SSSR count). The summed E-state index contributed by atoms with van der Waals surface area (Å²) in [6.07, 6.45) is 14.6. The lowest BCUT2D eigenvalue weighted by molar-refractivity contribution is 0.525. The molecule has 0 aromatic carbocycles. The predicted molar refractivity (Wildman–Crippen MR) is 88.5 cm³/mol. The second-order valence-electron chi connectivity index (χ2n) is 5.73. The third-order valence-corrected chi connectivity index (χ3v) is 4.52. The Kier molecular flexibility index (Phi) is 2.45. The highest BCUT2D eigenvalue weighted by molar-refractivity contribution is 5.97. The Hall–Kier alpha value is -3.01. The van der Waals surface area contributed by atoms with Gasteiger partial charge in [0.25, 0.3) is 0 Å². The van der Waals surface area contributed by atoms with Crippen LogP contribution >= 0.6 is 0 Å². The molecule has 0 saturated heterocycles. The van der Waals surface area contributed by atoms with Crippen LogP contribution in [0.25, 0.3) is 11.3 Å². The molecular weight excluding hydrogens is 288 g/mol. The van der Waals surface area contributed by atoms with Gasteiger partial charge in [0.1, 0.15) is 17.1 Å². The molecule has 0 bridgehead atoms. The van der Waals surface area contributed by atoms with Gasteiger partial charge in [0.05, 0.1) is 23.9 Å². The number of nitrogens with one attached hydrogen (secondary N) is 1. The largest absolute Gasteiger partial charge is 0.465 e. The van der Waals surface area contributed by atoms with E-state index in [1.807, 2.05) is 36.6 Å². The zero-order valence-corrected chi connectivity index (χ0v) is 12.3. The molecule has 1 atom stereocenters. The SMILES string of the molecule is C1=NC2=CCC=C3C=C(c4ccco4)NC32C(c2ccco2)=C1. The van der Waals surface area contributed by atoms with Crippen LogP contribution in [-0.4, -0.2) is 11.8 Å². The second kappa shape index (κ2) is 4.49. The maximum Gasteiger partial charge on any atom is 0.149 e. The molecular formula is C19H14N2O2. The minimum Gasteiger partial charge on any atom is -0.465 e. The lowest BCUT2D eigenvalue weighted by atomic mass is 9.75. The minimum atomic E-state index is -0.493. The summed E-state index contributed by atoms with van der Waals surface area (Å²) < 4.78 is 11.2. The van der Waals surface area contributed by atoms with Gasteiger partial charge >= 0.3 is 0 Å². The third kappa shape index (κ3) is 1.63. The maximum absolute atomic E-state index is 5.68. The topological polar surface area (TPSA) is 50.7 Å². The molecule has 1 unspecified atom stereocenters. The Balaban J connectivity index is 1.69. The molecule has 112 valence electrons. The van der Waals surface area contributed by atoms with Crippen LogP contribution in [0, 0.1) is 0 Å². The number of rotatable bonds is 2. The van der Waals surface area contributed by atoms with Gasteiger partial charge in [-0.2, -0.15) is 0 Å². The first-order valence-electron chi connectivity index (χ1n) is 7.62. The molecule has 23 heavy (non-hydrogen) atoms. The highest BCUT2D eigenvalue weighted by Gasteiger charge is 2.49. The number of aliphatic imine (C=N–C) groups is 1. The normalized spacial score (nSPS) is 24.9. The second-order valence-corrected chi connectivity index (χ2v) is 5.73. The molecule has 2 aromatic heterocycles. The van der Waals surface area contributed by atoms with Gasteiger partial charge < -0.3 is 14.2 Å². The van der Waals surface area contributed by atoms with Crippen molar-refractivity contribution in [3.8, 4) is 0 Å². The van der Waals surface area contributed by atoms with E-state index in [-0.39, 0.29) is 0 Å². The van der Waals surface area contributed by atoms with Gasteiger partial charge in [-0.05, 0) is 48.4 Å². The average Bonchev–Trinajstić information content (AvgIpc) is 3.31. The lowest BCUT2D eigenvalue weighted by Crippen LogP contribution is -2.46. The quantitative estimate of drug-likeness (QED) is 0.914. The van der Waals surface area contributed by atoms with Gasteiger partial charge in [0.15, 0.2) is 0 Å². The van der Waals surface area contributed by atoms with E-state index < -0.39 is 5.54 Å². The molecule has 0 fully saturated rings. The first kappa shape index (κ1) is 12.5. The fourth-order valence-electron chi connectivity index (χ4n) is 3.54. The fraction of sp³-hybridized carbons (Fsp3) is 0.105. The van der Waals surface area contributed by atoms with E-state index in [1.165, 1.54) is 5.57 Å². The van der Waals surface area contributed by atoms with Crippen LogP contribution < -0.4 is 5.32 Å². The van der Waals surface area contributed by atoms with E-state index in [9.17, 15) is 0 Å². The van der Waals surface area contributed by atoms with Crippen LogP contribution in [0.2, 0.25) is 0 Å². The van der Waals surface area contributed by atoms with Crippen molar-refractivity contribution >= 4 is 17.5 Å². The van der Waals surface area contributed by atoms with E-state index in [4.69, 9.17) is 8.83 Å². The summed E-state index contributed by atoms with van der Waals surface area (Å²) in [6.45, 7) is 0. The summed E-state index contributed by atoms with van der Waals surface area (Å²) in [6, 6.07) is 7.74. The van der Waals surface area contributed by atoms with Gasteiger partial charge in [0.2, 0.25) is 0 Å². The number of dihydropyridines is 1. The summed E-state index contributed by atoms with van der Waals surface area (Å²) in [5.41, 5.74) is 3.71. The van der Waals surface area contributed by atoms with Crippen molar-refractivity contribution in [2.45, 2.75) is 12.0 Å². The highest BCUT2D eigenvalue weighted by Crippen LogP contribution is 2.49. The summed E-state index contributed by atoms with van der Waals surface area (Å²) >= 11 is 0. The number of furan rings is 2. The Bertz CT molecular complexity index is 909. The first-order valence-corrected chi connectivity index (χ1v) is 7.62.